The van der Waals surface area contributed by atoms with Crippen LogP contribution in [-0.2, 0) is 5.60 Å². The normalized spacial score (nSPS) is 18.9. The van der Waals surface area contributed by atoms with Gasteiger partial charge in [0.25, 0.3) is 0 Å². The smallest absolute Gasteiger partial charge is 0.223 e. The van der Waals surface area contributed by atoms with E-state index >= 15 is 0 Å². The number of benzene rings is 4. The zero-order valence-electron chi connectivity index (χ0n) is 19.6. The highest BCUT2D eigenvalue weighted by Crippen LogP contribution is 2.52. The van der Waals surface area contributed by atoms with Crippen LogP contribution in [0.3, 0.4) is 0 Å². The lowest BCUT2D eigenvalue weighted by molar-refractivity contribution is 0.0110. The molecule has 2 bridgehead atoms. The third kappa shape index (κ3) is 3.97. The van der Waals surface area contributed by atoms with E-state index in [0.717, 1.165) is 42.8 Å². The predicted octanol–water partition coefficient (Wildman–Crippen LogP) is 7.54. The van der Waals surface area contributed by atoms with Gasteiger partial charge in [-0.15, -0.1) is 0 Å². The molecule has 0 fully saturated rings. The zero-order chi connectivity index (χ0) is 24.9. The summed E-state index contributed by atoms with van der Waals surface area (Å²) in [5.41, 5.74) is 2.18. The Balaban J connectivity index is 1.73. The van der Waals surface area contributed by atoms with Crippen molar-refractivity contribution in [2.75, 3.05) is 13.6 Å². The second kappa shape index (κ2) is 9.16. The molecule has 1 aliphatic heterocycles. The van der Waals surface area contributed by atoms with Gasteiger partial charge in [0, 0.05) is 26.4 Å². The van der Waals surface area contributed by atoms with Crippen LogP contribution in [0, 0.1) is 0 Å². The average molecular weight is 560 g/mol. The topological polar surface area (TPSA) is 54.4 Å². The zero-order valence-corrected chi connectivity index (χ0v) is 22.0. The van der Waals surface area contributed by atoms with E-state index in [1.54, 1.807) is 0 Å². The maximum atomic E-state index is 12.9. The number of aliphatic hydroxyl groups is 1. The molecule has 0 amide bonds. The maximum Gasteiger partial charge on any atom is 0.223 e. The van der Waals surface area contributed by atoms with Crippen molar-refractivity contribution in [3.05, 3.63) is 111 Å². The highest BCUT2D eigenvalue weighted by molar-refractivity contribution is 9.10. The van der Waals surface area contributed by atoms with Crippen LogP contribution in [0.2, 0.25) is 5.02 Å². The molecule has 6 rings (SSSR count). The summed E-state index contributed by atoms with van der Waals surface area (Å²) in [5, 5.41) is 19.7. The van der Waals surface area contributed by atoms with E-state index in [4.69, 9.17) is 21.3 Å². The molecule has 5 aromatic rings. The standard InChI is InChI=1S/C30H24BrClN2O2/c1-33-13-12-30(35)26-17-23(15-19-4-2-3-5-24(19)26)36-29-25(28(30)18-6-9-22(32)10-7-18)16-20-14-21(31)8-11-27(20)34-29/h2-11,14-17,28,33,35H,12-13H2,1H3/t28-,30-/m1/s1. The monoisotopic (exact) mass is 558 g/mol. The Kier molecular flexibility index (Phi) is 5.97. The molecule has 6 heteroatoms. The van der Waals surface area contributed by atoms with Gasteiger partial charge in [-0.05, 0) is 90.4 Å². The minimum Gasteiger partial charge on any atom is -0.439 e. The molecule has 1 aromatic heterocycles. The Labute approximate surface area is 223 Å². The second-order valence-corrected chi connectivity index (χ2v) is 10.6. The first kappa shape index (κ1) is 23.4. The van der Waals surface area contributed by atoms with Crippen LogP contribution in [0.4, 0.5) is 0 Å². The van der Waals surface area contributed by atoms with Gasteiger partial charge < -0.3 is 15.2 Å². The average Bonchev–Trinajstić information content (AvgIpc) is 2.88. The molecule has 4 aromatic carbocycles. The lowest BCUT2D eigenvalue weighted by Crippen LogP contribution is -2.38. The van der Waals surface area contributed by atoms with E-state index in [0.29, 0.717) is 29.6 Å². The van der Waals surface area contributed by atoms with E-state index in [1.165, 1.54) is 0 Å². The number of rotatable bonds is 4. The third-order valence-electron chi connectivity index (χ3n) is 7.03. The van der Waals surface area contributed by atoms with E-state index in [9.17, 15) is 5.11 Å². The van der Waals surface area contributed by atoms with Crippen molar-refractivity contribution in [3.8, 4) is 11.6 Å². The fourth-order valence-corrected chi connectivity index (χ4v) is 5.87. The van der Waals surface area contributed by atoms with Gasteiger partial charge >= 0.3 is 0 Å². The van der Waals surface area contributed by atoms with E-state index < -0.39 is 11.5 Å². The van der Waals surface area contributed by atoms with Crippen molar-refractivity contribution >= 4 is 49.2 Å². The molecule has 0 unspecified atom stereocenters. The summed E-state index contributed by atoms with van der Waals surface area (Å²) >= 11 is 9.87. The Hall–Kier alpha value is -2.96. The molecule has 36 heavy (non-hydrogen) atoms. The highest BCUT2D eigenvalue weighted by atomic mass is 79.9. The molecular weight excluding hydrogens is 536 g/mol. The third-order valence-corrected chi connectivity index (χ3v) is 7.78. The number of pyridine rings is 1. The molecule has 180 valence electrons. The molecule has 0 spiro atoms. The maximum absolute atomic E-state index is 12.9. The van der Waals surface area contributed by atoms with E-state index in [-0.39, 0.29) is 0 Å². The van der Waals surface area contributed by atoms with Gasteiger partial charge in [-0.2, -0.15) is 0 Å². The van der Waals surface area contributed by atoms with E-state index in [2.05, 4.69) is 39.4 Å². The molecule has 1 aliphatic rings. The number of nitrogens with zero attached hydrogens (tertiary/aromatic N) is 1. The van der Waals surface area contributed by atoms with Crippen molar-refractivity contribution in [1.29, 1.82) is 0 Å². The molecule has 0 radical (unpaired) electrons. The largest absolute Gasteiger partial charge is 0.439 e. The van der Waals surface area contributed by atoms with Gasteiger partial charge in [-0.25, -0.2) is 4.98 Å². The summed E-state index contributed by atoms with van der Waals surface area (Å²) < 4.78 is 7.45. The molecule has 0 saturated carbocycles. The van der Waals surface area contributed by atoms with Crippen LogP contribution in [0.25, 0.3) is 21.7 Å². The van der Waals surface area contributed by atoms with Crippen molar-refractivity contribution in [2.45, 2.75) is 17.9 Å². The predicted molar refractivity (Wildman–Crippen MR) is 149 cm³/mol. The van der Waals surface area contributed by atoms with Crippen LogP contribution >= 0.6 is 27.5 Å². The highest BCUT2D eigenvalue weighted by Gasteiger charge is 2.44. The fourth-order valence-electron chi connectivity index (χ4n) is 5.36. The Bertz CT molecular complexity index is 1610. The molecule has 2 N–H and O–H groups in total. The van der Waals surface area contributed by atoms with Crippen molar-refractivity contribution in [3.63, 3.8) is 0 Å². The molecule has 0 aliphatic carbocycles. The molecule has 4 nitrogen and oxygen atoms in total. The molecular formula is C30H24BrClN2O2. The van der Waals surface area contributed by atoms with Crippen molar-refractivity contribution < 1.29 is 9.84 Å². The number of nitrogens with one attached hydrogen (secondary N) is 1. The number of ether oxygens (including phenoxy) is 1. The first-order valence-corrected chi connectivity index (χ1v) is 13.1. The first-order chi connectivity index (χ1) is 17.5. The Morgan fingerprint density at radius 3 is 2.61 bits per heavy atom. The lowest BCUT2D eigenvalue weighted by Gasteiger charge is -2.40. The van der Waals surface area contributed by atoms with Crippen LogP contribution in [-0.4, -0.2) is 23.7 Å². The van der Waals surface area contributed by atoms with Crippen LogP contribution in [0.1, 0.15) is 29.0 Å². The number of halogens is 2. The lowest BCUT2D eigenvalue weighted by atomic mass is 9.70. The first-order valence-electron chi connectivity index (χ1n) is 11.9. The summed E-state index contributed by atoms with van der Waals surface area (Å²) in [6, 6.07) is 27.9. The fraction of sp³-hybridized carbons (Fsp3) is 0.167. The number of aromatic nitrogens is 1. The summed E-state index contributed by atoms with van der Waals surface area (Å²) in [4.78, 5) is 4.94. The second-order valence-electron chi connectivity index (χ2n) is 9.28. The van der Waals surface area contributed by atoms with Gasteiger partial charge in [0.1, 0.15) is 11.4 Å². The van der Waals surface area contributed by atoms with Crippen LogP contribution < -0.4 is 10.1 Å². The number of fused-ring (bicyclic) bond motifs is 6. The van der Waals surface area contributed by atoms with Gasteiger partial charge in [0.2, 0.25) is 5.88 Å². The van der Waals surface area contributed by atoms with Crippen LogP contribution in [0.5, 0.6) is 11.6 Å². The Morgan fingerprint density at radius 2 is 1.81 bits per heavy atom. The summed E-state index contributed by atoms with van der Waals surface area (Å²) in [6.07, 6.45) is 0.486. The number of hydrogen-bond donors (Lipinski definition) is 2. The SMILES string of the molecule is CNCC[C@@]1(O)c2cc(cc3ccccc23)Oc2nc3ccc(Br)cc3cc2[C@H]1c1ccc(Cl)cc1. The number of hydrogen-bond acceptors (Lipinski definition) is 4. The van der Waals surface area contributed by atoms with Crippen LogP contribution in [0.15, 0.2) is 89.4 Å². The summed E-state index contributed by atoms with van der Waals surface area (Å²) in [6.45, 7) is 0.627. The van der Waals surface area contributed by atoms with Crippen molar-refractivity contribution in [1.82, 2.24) is 10.3 Å². The summed E-state index contributed by atoms with van der Waals surface area (Å²) in [7, 11) is 1.90. The molecule has 2 atom stereocenters. The molecule has 2 heterocycles. The minimum absolute atomic E-state index is 0.451. The van der Waals surface area contributed by atoms with E-state index in [1.807, 2.05) is 73.8 Å². The molecule has 0 saturated heterocycles. The van der Waals surface area contributed by atoms with Gasteiger partial charge in [0.05, 0.1) is 5.52 Å². The van der Waals surface area contributed by atoms with Gasteiger partial charge in [-0.1, -0.05) is 63.9 Å². The summed E-state index contributed by atoms with van der Waals surface area (Å²) in [5.74, 6) is 0.702. The Morgan fingerprint density at radius 1 is 1.00 bits per heavy atom. The quantitative estimate of drug-likeness (QED) is 0.239. The van der Waals surface area contributed by atoms with Gasteiger partial charge in [-0.3, -0.25) is 0 Å². The van der Waals surface area contributed by atoms with Gasteiger partial charge in [0.15, 0.2) is 0 Å². The minimum atomic E-state index is -1.26. The van der Waals surface area contributed by atoms with Crippen molar-refractivity contribution in [2.24, 2.45) is 0 Å².